The molecule has 0 aliphatic carbocycles. The van der Waals surface area contributed by atoms with Crippen LogP contribution in [-0.4, -0.2) is 87.5 Å². The van der Waals surface area contributed by atoms with Crippen LogP contribution < -0.4 is 5.32 Å². The summed E-state index contributed by atoms with van der Waals surface area (Å²) in [6.07, 6.45) is 20.9. The van der Waals surface area contributed by atoms with Crippen LogP contribution >= 0.6 is 0 Å². The van der Waals surface area contributed by atoms with Gasteiger partial charge in [0.2, 0.25) is 0 Å². The second-order valence-corrected chi connectivity index (χ2v) is 14.9. The predicted molar refractivity (Wildman–Crippen MR) is 219 cm³/mol. The Labute approximate surface area is 344 Å². The van der Waals surface area contributed by atoms with Crippen LogP contribution in [-0.2, 0) is 57.2 Å². The summed E-state index contributed by atoms with van der Waals surface area (Å²) < 4.78 is 32.3. The van der Waals surface area contributed by atoms with Crippen molar-refractivity contribution in [2.45, 2.75) is 207 Å². The number of hydrogen-bond donors (Lipinski definition) is 1. The maximum Gasteiger partial charge on any atom is 0.320 e. The molecule has 13 heteroatoms. The van der Waals surface area contributed by atoms with Crippen molar-refractivity contribution in [1.82, 2.24) is 5.32 Å². The standard InChI is InChI=1S/C44H79NO12/c1-5-9-13-17-20-24-28-40(47)53-34-37(33-52-39(46)27-23-16-12-8-4)56-43(50)31-45-32-44(51)57-38(35-54-41(48)29-25-21-18-14-10-6-2)36-55-42(49)30-26-22-19-15-11-7-3/h37-38,45H,5-36H2,1-4H3. The van der Waals surface area contributed by atoms with Crippen LogP contribution in [0.3, 0.4) is 0 Å². The Morgan fingerprint density at radius 1 is 0.333 bits per heavy atom. The highest BCUT2D eigenvalue weighted by Gasteiger charge is 2.22. The molecule has 0 spiro atoms. The molecule has 13 nitrogen and oxygen atoms in total. The number of esters is 6. The molecular weight excluding hydrogens is 734 g/mol. The van der Waals surface area contributed by atoms with Crippen molar-refractivity contribution in [2.24, 2.45) is 0 Å². The lowest BCUT2D eigenvalue weighted by molar-refractivity contribution is -0.167. The van der Waals surface area contributed by atoms with Crippen LogP contribution in [0.4, 0.5) is 0 Å². The zero-order valence-electron chi connectivity index (χ0n) is 36.2. The second kappa shape index (κ2) is 39.6. The van der Waals surface area contributed by atoms with Gasteiger partial charge in [-0.05, 0) is 25.7 Å². The summed E-state index contributed by atoms with van der Waals surface area (Å²) in [5.74, 6) is -3.21. The smallest absolute Gasteiger partial charge is 0.320 e. The van der Waals surface area contributed by atoms with E-state index < -0.39 is 61.1 Å². The molecule has 0 heterocycles. The van der Waals surface area contributed by atoms with Crippen molar-refractivity contribution in [3.63, 3.8) is 0 Å². The third-order valence-electron chi connectivity index (χ3n) is 9.29. The molecule has 0 aromatic carbocycles. The minimum atomic E-state index is -1.03. The molecule has 1 unspecified atom stereocenters. The van der Waals surface area contributed by atoms with Crippen LogP contribution in [0.2, 0.25) is 0 Å². The maximum absolute atomic E-state index is 12.8. The van der Waals surface area contributed by atoms with Gasteiger partial charge in [0, 0.05) is 25.7 Å². The number of unbranched alkanes of at least 4 members (excludes halogenated alkanes) is 18. The van der Waals surface area contributed by atoms with E-state index in [1.165, 1.54) is 19.3 Å². The maximum atomic E-state index is 12.8. The monoisotopic (exact) mass is 814 g/mol. The first-order chi connectivity index (χ1) is 27.6. The van der Waals surface area contributed by atoms with E-state index in [1.54, 1.807) is 0 Å². The average molecular weight is 814 g/mol. The Morgan fingerprint density at radius 2 is 0.561 bits per heavy atom. The zero-order chi connectivity index (χ0) is 42.2. The number of hydrogen-bond acceptors (Lipinski definition) is 13. The molecule has 0 saturated heterocycles. The van der Waals surface area contributed by atoms with E-state index in [2.05, 4.69) is 33.0 Å². The van der Waals surface area contributed by atoms with Gasteiger partial charge in [-0.3, -0.25) is 34.1 Å². The molecule has 332 valence electrons. The van der Waals surface area contributed by atoms with Gasteiger partial charge in [0.15, 0.2) is 12.2 Å². The number of nitrogens with one attached hydrogen (secondary N) is 1. The van der Waals surface area contributed by atoms with Gasteiger partial charge in [0.25, 0.3) is 0 Å². The fourth-order valence-electron chi connectivity index (χ4n) is 5.83. The average Bonchev–Trinajstić information content (AvgIpc) is 3.19. The number of rotatable bonds is 40. The summed E-state index contributed by atoms with van der Waals surface area (Å²) in [6.45, 7) is 6.62. The first-order valence-electron chi connectivity index (χ1n) is 22.4. The fourth-order valence-corrected chi connectivity index (χ4v) is 5.83. The molecular formula is C44H79NO12. The van der Waals surface area contributed by atoms with Gasteiger partial charge in [-0.15, -0.1) is 0 Å². The van der Waals surface area contributed by atoms with Gasteiger partial charge in [0.05, 0.1) is 13.1 Å². The SMILES string of the molecule is CCCCCCCCC(=O)OCC(COC(=O)CCCCCC)OC(=O)CNCC(=O)OC(COC(=O)CCCCCCCC)COC(=O)CCCCCCCC. The topological polar surface area (TPSA) is 170 Å². The lowest BCUT2D eigenvalue weighted by Crippen LogP contribution is -2.38. The second-order valence-electron chi connectivity index (χ2n) is 14.9. The van der Waals surface area contributed by atoms with Gasteiger partial charge >= 0.3 is 35.8 Å². The summed E-state index contributed by atoms with van der Waals surface area (Å²) in [5.41, 5.74) is 0. The van der Waals surface area contributed by atoms with Crippen LogP contribution in [0.25, 0.3) is 0 Å². The molecule has 57 heavy (non-hydrogen) atoms. The number of ether oxygens (including phenoxy) is 6. The van der Waals surface area contributed by atoms with Crippen molar-refractivity contribution in [3.8, 4) is 0 Å². The Balaban J connectivity index is 5.04. The van der Waals surface area contributed by atoms with Crippen LogP contribution in [0.15, 0.2) is 0 Å². The van der Waals surface area contributed by atoms with E-state index in [4.69, 9.17) is 28.4 Å². The van der Waals surface area contributed by atoms with Gasteiger partial charge in [0.1, 0.15) is 26.4 Å². The van der Waals surface area contributed by atoms with Crippen molar-refractivity contribution >= 4 is 35.8 Å². The summed E-state index contributed by atoms with van der Waals surface area (Å²) >= 11 is 0. The third kappa shape index (κ3) is 36.8. The normalized spacial score (nSPS) is 11.5. The largest absolute Gasteiger partial charge is 0.462 e. The van der Waals surface area contributed by atoms with E-state index in [0.717, 1.165) is 96.3 Å². The molecule has 0 aromatic rings. The van der Waals surface area contributed by atoms with Gasteiger partial charge < -0.3 is 28.4 Å². The molecule has 0 bridgehead atoms. The van der Waals surface area contributed by atoms with E-state index in [9.17, 15) is 28.8 Å². The van der Waals surface area contributed by atoms with E-state index in [-0.39, 0.29) is 52.1 Å². The molecule has 1 N–H and O–H groups in total. The zero-order valence-corrected chi connectivity index (χ0v) is 36.2. The molecule has 0 aliphatic rings. The number of carbonyl (C=O) groups excluding carboxylic acids is 6. The minimum Gasteiger partial charge on any atom is -0.462 e. The van der Waals surface area contributed by atoms with Crippen LogP contribution in [0, 0.1) is 0 Å². The first-order valence-corrected chi connectivity index (χ1v) is 22.4. The van der Waals surface area contributed by atoms with Gasteiger partial charge in [-0.25, -0.2) is 0 Å². The summed E-state index contributed by atoms with van der Waals surface area (Å²) in [4.78, 5) is 74.9. The Morgan fingerprint density at radius 3 is 0.825 bits per heavy atom. The van der Waals surface area contributed by atoms with Gasteiger partial charge in [-0.1, -0.05) is 143 Å². The summed E-state index contributed by atoms with van der Waals surface area (Å²) in [6, 6.07) is 0. The van der Waals surface area contributed by atoms with Crippen LogP contribution in [0.1, 0.15) is 195 Å². The molecule has 0 rings (SSSR count). The van der Waals surface area contributed by atoms with Crippen molar-refractivity contribution in [1.29, 1.82) is 0 Å². The molecule has 0 aromatic heterocycles. The highest BCUT2D eigenvalue weighted by molar-refractivity contribution is 5.75. The third-order valence-corrected chi connectivity index (χ3v) is 9.29. The molecule has 0 amide bonds. The van der Waals surface area contributed by atoms with E-state index >= 15 is 0 Å². The Hall–Kier alpha value is -3.22. The lowest BCUT2D eigenvalue weighted by atomic mass is 10.1. The van der Waals surface area contributed by atoms with E-state index in [1.807, 2.05) is 0 Å². The van der Waals surface area contributed by atoms with Gasteiger partial charge in [-0.2, -0.15) is 0 Å². The van der Waals surface area contributed by atoms with Crippen molar-refractivity contribution in [2.75, 3.05) is 39.5 Å². The molecule has 0 saturated carbocycles. The summed E-state index contributed by atoms with van der Waals surface area (Å²) in [5, 5.41) is 2.66. The van der Waals surface area contributed by atoms with Crippen molar-refractivity contribution < 1.29 is 57.2 Å². The molecule has 1 atom stereocenters. The van der Waals surface area contributed by atoms with Crippen molar-refractivity contribution in [3.05, 3.63) is 0 Å². The molecule has 0 radical (unpaired) electrons. The first kappa shape index (κ1) is 53.8. The Bertz CT molecular complexity index is 1020. The minimum absolute atomic E-state index is 0.236. The Kier molecular flexibility index (Phi) is 37.4. The molecule has 0 aliphatic heterocycles. The molecule has 0 fully saturated rings. The summed E-state index contributed by atoms with van der Waals surface area (Å²) in [7, 11) is 0. The number of carbonyl (C=O) groups is 6. The predicted octanol–water partition coefficient (Wildman–Crippen LogP) is 8.79. The lowest BCUT2D eigenvalue weighted by Gasteiger charge is -2.19. The van der Waals surface area contributed by atoms with E-state index in [0.29, 0.717) is 25.7 Å². The quantitative estimate of drug-likeness (QED) is 0.0354. The highest BCUT2D eigenvalue weighted by atomic mass is 16.6. The highest BCUT2D eigenvalue weighted by Crippen LogP contribution is 2.11. The van der Waals surface area contributed by atoms with Crippen LogP contribution in [0.5, 0.6) is 0 Å². The fraction of sp³-hybridized carbons (Fsp3) is 0.864.